The van der Waals surface area contributed by atoms with Crippen LogP contribution in [0.5, 0.6) is 0 Å². The van der Waals surface area contributed by atoms with E-state index >= 15 is 0 Å². The van der Waals surface area contributed by atoms with Crippen molar-refractivity contribution in [2.75, 3.05) is 9.80 Å². The number of carbonyl (C=O) groups excluding carboxylic acids is 4. The number of nitrogens with zero attached hydrogens (tertiary/aromatic N) is 2. The van der Waals surface area contributed by atoms with E-state index in [-0.39, 0.29) is 23.6 Å². The lowest BCUT2D eigenvalue weighted by Gasteiger charge is -2.13. The van der Waals surface area contributed by atoms with Crippen LogP contribution in [0.4, 0.5) is 11.4 Å². The fourth-order valence-electron chi connectivity index (χ4n) is 6.27. The van der Waals surface area contributed by atoms with Gasteiger partial charge in [-0.1, -0.05) is 48.5 Å². The van der Waals surface area contributed by atoms with E-state index in [2.05, 4.69) is 24.3 Å². The van der Waals surface area contributed by atoms with Crippen molar-refractivity contribution in [3.63, 3.8) is 0 Å². The van der Waals surface area contributed by atoms with Crippen LogP contribution in [0.2, 0.25) is 0 Å². The van der Waals surface area contributed by atoms with E-state index in [1.165, 1.54) is 9.80 Å². The van der Waals surface area contributed by atoms with Gasteiger partial charge in [-0.25, -0.2) is 9.80 Å². The van der Waals surface area contributed by atoms with Gasteiger partial charge < -0.3 is 0 Å². The van der Waals surface area contributed by atoms with Gasteiger partial charge in [-0.05, 0) is 94.7 Å². The van der Waals surface area contributed by atoms with Gasteiger partial charge >= 0.3 is 0 Å². The number of carbonyl (C=O) groups is 4. The van der Waals surface area contributed by atoms with Crippen molar-refractivity contribution in [3.8, 4) is 20.9 Å². The number of fused-ring (bicyclic) bond motifs is 4. The second-order valence-corrected chi connectivity index (χ2v) is 13.4. The molecule has 4 heterocycles. The number of amides is 4. The number of para-hydroxylation sites is 2. The Morgan fingerprint density at radius 3 is 1.20 bits per heavy atom. The number of benzene rings is 5. The number of hydrogen-bond donors (Lipinski definition) is 0. The Labute approximate surface area is 270 Å². The number of rotatable bonds is 4. The summed E-state index contributed by atoms with van der Waals surface area (Å²) in [5.74, 6) is -1.24. The fraction of sp³-hybridized carbons (Fsp3) is 0. The first-order chi connectivity index (χ1) is 22.4. The largest absolute Gasteiger partial charge is 0.268 e. The Hall–Kier alpha value is -5.70. The maximum atomic E-state index is 13.3. The van der Waals surface area contributed by atoms with Crippen LogP contribution in [0.3, 0.4) is 0 Å². The standard InChI is InChI=1S/C38H20N2O4S2/c41-35-27-13-11-21(15-29(27)37(43)39(35)25-7-3-1-4-8-25)31-17-23-19-34-24(20-33(23)45-31)18-32(46-34)22-12-14-28-30(16-22)38(44)40(36(28)42)26-9-5-2-6-10-26/h1-20H. The molecule has 9 rings (SSSR count). The van der Waals surface area contributed by atoms with Crippen LogP contribution >= 0.6 is 22.7 Å². The summed E-state index contributed by atoms with van der Waals surface area (Å²) in [7, 11) is 0. The Morgan fingerprint density at radius 1 is 0.391 bits per heavy atom. The van der Waals surface area contributed by atoms with Gasteiger partial charge in [-0.2, -0.15) is 0 Å². The van der Waals surface area contributed by atoms with Crippen LogP contribution in [-0.4, -0.2) is 23.6 Å². The smallest absolute Gasteiger partial charge is 0.266 e. The molecule has 2 aliphatic heterocycles. The van der Waals surface area contributed by atoms with E-state index in [1.807, 2.05) is 60.7 Å². The molecule has 0 fully saturated rings. The zero-order valence-corrected chi connectivity index (χ0v) is 25.5. The molecule has 7 aromatic rings. The first kappa shape index (κ1) is 26.7. The van der Waals surface area contributed by atoms with Crippen LogP contribution in [0, 0.1) is 0 Å². The van der Waals surface area contributed by atoms with Gasteiger partial charge in [0.2, 0.25) is 0 Å². The number of hydrogen-bond acceptors (Lipinski definition) is 6. The molecule has 2 aliphatic rings. The molecule has 0 N–H and O–H groups in total. The van der Waals surface area contributed by atoms with Crippen LogP contribution < -0.4 is 9.80 Å². The molecule has 218 valence electrons. The van der Waals surface area contributed by atoms with Gasteiger partial charge in [0.1, 0.15) is 0 Å². The predicted octanol–water partition coefficient (Wildman–Crippen LogP) is 9.05. The summed E-state index contributed by atoms with van der Waals surface area (Å²) < 4.78 is 2.21. The van der Waals surface area contributed by atoms with E-state index in [1.54, 1.807) is 59.1 Å². The van der Waals surface area contributed by atoms with E-state index in [9.17, 15) is 19.2 Å². The second kappa shape index (κ2) is 9.90. The Bertz CT molecular complexity index is 2240. The first-order valence-corrected chi connectivity index (χ1v) is 16.2. The van der Waals surface area contributed by atoms with Gasteiger partial charge in [-0.15, -0.1) is 22.7 Å². The molecule has 0 bridgehead atoms. The summed E-state index contributed by atoms with van der Waals surface area (Å²) in [6.07, 6.45) is 0. The zero-order chi connectivity index (χ0) is 31.1. The summed E-state index contributed by atoms with van der Waals surface area (Å²) >= 11 is 3.27. The van der Waals surface area contributed by atoms with Crippen LogP contribution in [0.1, 0.15) is 41.4 Å². The van der Waals surface area contributed by atoms with E-state index in [0.717, 1.165) is 41.1 Å². The van der Waals surface area contributed by atoms with E-state index < -0.39 is 0 Å². The lowest BCUT2D eigenvalue weighted by Crippen LogP contribution is -2.29. The quantitative estimate of drug-likeness (QED) is 0.182. The minimum atomic E-state index is -0.312. The predicted molar refractivity (Wildman–Crippen MR) is 183 cm³/mol. The third-order valence-electron chi connectivity index (χ3n) is 8.53. The summed E-state index contributed by atoms with van der Waals surface area (Å²) in [5.41, 5.74) is 4.56. The number of thiophene rings is 2. The summed E-state index contributed by atoms with van der Waals surface area (Å²) in [6, 6.07) is 37.5. The maximum Gasteiger partial charge on any atom is 0.266 e. The monoisotopic (exact) mass is 632 g/mol. The molecule has 0 radical (unpaired) electrons. The minimum Gasteiger partial charge on any atom is -0.268 e. The van der Waals surface area contributed by atoms with E-state index in [0.29, 0.717) is 33.6 Å². The molecule has 2 aromatic heterocycles. The third-order valence-corrected chi connectivity index (χ3v) is 10.8. The normalized spacial score (nSPS) is 14.2. The van der Waals surface area contributed by atoms with Gasteiger partial charge in [0.05, 0.1) is 33.6 Å². The van der Waals surface area contributed by atoms with Gasteiger partial charge in [-0.3, -0.25) is 19.2 Å². The topological polar surface area (TPSA) is 74.8 Å². The van der Waals surface area contributed by atoms with Crippen molar-refractivity contribution >= 4 is 77.8 Å². The Balaban J connectivity index is 1.03. The van der Waals surface area contributed by atoms with Crippen molar-refractivity contribution in [1.82, 2.24) is 0 Å². The fourth-order valence-corrected chi connectivity index (χ4v) is 8.45. The molecule has 46 heavy (non-hydrogen) atoms. The lowest BCUT2D eigenvalue weighted by atomic mass is 10.0. The molecular weight excluding hydrogens is 613 g/mol. The second-order valence-electron chi connectivity index (χ2n) is 11.2. The van der Waals surface area contributed by atoms with E-state index in [4.69, 9.17) is 0 Å². The van der Waals surface area contributed by atoms with Crippen molar-refractivity contribution in [1.29, 1.82) is 0 Å². The molecule has 4 amide bonds. The third kappa shape index (κ3) is 3.94. The average molecular weight is 633 g/mol. The van der Waals surface area contributed by atoms with Crippen molar-refractivity contribution in [3.05, 3.63) is 144 Å². The SMILES string of the molecule is O=C1c2ccc(-c3cc4cc5sc(-c6ccc7c(c6)C(=O)N(c6ccccc6)C7=O)cc5cc4s3)cc2C(=O)N1c1ccccc1. The minimum absolute atomic E-state index is 0.307. The highest BCUT2D eigenvalue weighted by Crippen LogP contribution is 2.42. The Kier molecular flexibility index (Phi) is 5.74. The van der Waals surface area contributed by atoms with Gasteiger partial charge in [0.25, 0.3) is 23.6 Å². The molecule has 0 atom stereocenters. The van der Waals surface area contributed by atoms with Crippen LogP contribution in [0.15, 0.2) is 121 Å². The van der Waals surface area contributed by atoms with Gasteiger partial charge in [0, 0.05) is 19.2 Å². The summed E-state index contributed by atoms with van der Waals surface area (Å²) in [5, 5.41) is 2.17. The number of anilines is 2. The molecule has 5 aromatic carbocycles. The van der Waals surface area contributed by atoms with Crippen LogP contribution in [0.25, 0.3) is 41.1 Å². The lowest BCUT2D eigenvalue weighted by molar-refractivity contribution is 0.0910. The molecule has 0 aliphatic carbocycles. The van der Waals surface area contributed by atoms with Gasteiger partial charge in [0.15, 0.2) is 0 Å². The van der Waals surface area contributed by atoms with Crippen molar-refractivity contribution in [2.24, 2.45) is 0 Å². The maximum absolute atomic E-state index is 13.3. The number of imide groups is 2. The highest BCUT2D eigenvalue weighted by Gasteiger charge is 2.38. The highest BCUT2D eigenvalue weighted by atomic mass is 32.1. The molecule has 0 spiro atoms. The van der Waals surface area contributed by atoms with Crippen molar-refractivity contribution in [2.45, 2.75) is 0 Å². The summed E-state index contributed by atoms with van der Waals surface area (Å²) in [6.45, 7) is 0. The molecule has 0 unspecified atom stereocenters. The first-order valence-electron chi connectivity index (χ1n) is 14.6. The Morgan fingerprint density at radius 2 is 0.783 bits per heavy atom. The van der Waals surface area contributed by atoms with Crippen LogP contribution in [-0.2, 0) is 0 Å². The van der Waals surface area contributed by atoms with Crippen molar-refractivity contribution < 1.29 is 19.2 Å². The molecule has 0 saturated heterocycles. The average Bonchev–Trinajstić information content (AvgIpc) is 3.82. The molecule has 8 heteroatoms. The molecule has 0 saturated carbocycles. The molecular formula is C38H20N2O4S2. The summed E-state index contributed by atoms with van der Waals surface area (Å²) in [4.78, 5) is 57.2. The highest BCUT2D eigenvalue weighted by molar-refractivity contribution is 7.23. The zero-order valence-electron chi connectivity index (χ0n) is 23.9. The molecule has 6 nitrogen and oxygen atoms in total.